The molecule has 48 heavy (non-hydrogen) atoms. The van der Waals surface area contributed by atoms with Crippen LogP contribution >= 0.6 is 7.82 Å². The monoisotopic (exact) mass is 698 g/mol. The number of esters is 2. The van der Waals surface area contributed by atoms with Crippen molar-refractivity contribution >= 4 is 19.8 Å². The summed E-state index contributed by atoms with van der Waals surface area (Å²) in [6.07, 6.45) is 33.0. The SMILES string of the molecule is CCCCC/C=C\C/C=C\C/C=C\C=C\[C@H](O)CCCC(=O)O[C@H](COC(=O)CCCCCCCCCCCC(C)C)COP(=O)(O)O. The number of rotatable bonds is 32. The molecule has 0 spiro atoms. The molecule has 2 atom stereocenters. The molecule has 0 bridgehead atoms. The molecule has 10 heteroatoms. The van der Waals surface area contributed by atoms with Gasteiger partial charge in [-0.1, -0.05) is 140 Å². The first-order valence-corrected chi connectivity index (χ1v) is 19.9. The normalized spacial score (nSPS) is 13.8. The van der Waals surface area contributed by atoms with Crippen LogP contribution in [0.15, 0.2) is 48.6 Å². The van der Waals surface area contributed by atoms with E-state index in [1.165, 1.54) is 57.8 Å². The Labute approximate surface area is 291 Å². The Kier molecular flexibility index (Phi) is 30.8. The lowest BCUT2D eigenvalue weighted by atomic mass is 10.0. The van der Waals surface area contributed by atoms with E-state index in [9.17, 15) is 19.3 Å². The van der Waals surface area contributed by atoms with Crippen molar-refractivity contribution in [3.05, 3.63) is 48.6 Å². The minimum absolute atomic E-state index is 0.0170. The number of aliphatic hydroxyl groups excluding tert-OH is 1. The van der Waals surface area contributed by atoms with Crippen molar-refractivity contribution in [3.8, 4) is 0 Å². The highest BCUT2D eigenvalue weighted by atomic mass is 31.2. The molecule has 0 saturated carbocycles. The van der Waals surface area contributed by atoms with Gasteiger partial charge < -0.3 is 24.4 Å². The van der Waals surface area contributed by atoms with Crippen molar-refractivity contribution in [1.29, 1.82) is 0 Å². The van der Waals surface area contributed by atoms with E-state index in [4.69, 9.17) is 19.3 Å². The van der Waals surface area contributed by atoms with E-state index in [0.29, 0.717) is 19.3 Å². The van der Waals surface area contributed by atoms with E-state index in [1.807, 2.05) is 12.2 Å². The minimum atomic E-state index is -4.80. The average molecular weight is 699 g/mol. The predicted molar refractivity (Wildman–Crippen MR) is 194 cm³/mol. The number of phosphoric ester groups is 1. The van der Waals surface area contributed by atoms with E-state index in [1.54, 1.807) is 12.2 Å². The van der Waals surface area contributed by atoms with Crippen LogP contribution in [-0.4, -0.2) is 52.3 Å². The number of hydrogen-bond acceptors (Lipinski definition) is 7. The molecule has 0 unspecified atom stereocenters. The Balaban J connectivity index is 4.22. The van der Waals surface area contributed by atoms with E-state index in [-0.39, 0.29) is 19.4 Å². The van der Waals surface area contributed by atoms with Crippen molar-refractivity contribution in [2.24, 2.45) is 5.92 Å². The van der Waals surface area contributed by atoms with Crippen molar-refractivity contribution in [1.82, 2.24) is 0 Å². The zero-order valence-electron chi connectivity index (χ0n) is 30.1. The van der Waals surface area contributed by atoms with Crippen LogP contribution in [0.1, 0.15) is 149 Å². The fraction of sp³-hybridized carbons (Fsp3) is 0.737. The topological polar surface area (TPSA) is 140 Å². The van der Waals surface area contributed by atoms with Gasteiger partial charge >= 0.3 is 19.8 Å². The average Bonchev–Trinajstić information content (AvgIpc) is 3.02. The Morgan fingerprint density at radius 1 is 0.688 bits per heavy atom. The van der Waals surface area contributed by atoms with Crippen LogP contribution in [-0.2, 0) is 28.2 Å². The molecule has 0 aromatic heterocycles. The standard InChI is InChI=1S/C38H67O9P/c1-4-5-6-7-8-9-10-11-12-15-18-21-24-28-35(39)29-26-31-38(41)47-36(33-46-48(42,43)44)32-45-37(40)30-25-22-19-16-13-14-17-20-23-27-34(2)3/h8-9,11-12,18,21,24,28,34-36,39H,4-7,10,13-17,19-20,22-23,25-27,29-33H2,1-3H3,(H2,42,43,44)/b9-8-,12-11-,21-18-,28-24+/t35-,36+/m0/s1. The Bertz CT molecular complexity index is 952. The molecular formula is C38H67O9P. The van der Waals surface area contributed by atoms with E-state index >= 15 is 0 Å². The third kappa shape index (κ3) is 35.3. The first kappa shape index (κ1) is 46.0. The minimum Gasteiger partial charge on any atom is -0.462 e. The van der Waals surface area contributed by atoms with Gasteiger partial charge in [0.05, 0.1) is 12.7 Å². The fourth-order valence-electron chi connectivity index (χ4n) is 4.84. The maximum absolute atomic E-state index is 12.4. The quantitative estimate of drug-likeness (QED) is 0.0206. The van der Waals surface area contributed by atoms with Crippen molar-refractivity contribution in [3.63, 3.8) is 0 Å². The molecule has 0 aliphatic heterocycles. The summed E-state index contributed by atoms with van der Waals surface area (Å²) < 4.78 is 26.1. The number of phosphoric acid groups is 1. The van der Waals surface area contributed by atoms with Gasteiger partial charge in [0.2, 0.25) is 0 Å². The van der Waals surface area contributed by atoms with Gasteiger partial charge in [-0.05, 0) is 50.9 Å². The zero-order valence-corrected chi connectivity index (χ0v) is 31.0. The molecule has 9 nitrogen and oxygen atoms in total. The van der Waals surface area contributed by atoms with Gasteiger partial charge in [-0.25, -0.2) is 4.57 Å². The summed E-state index contributed by atoms with van der Waals surface area (Å²) >= 11 is 0. The summed E-state index contributed by atoms with van der Waals surface area (Å²) in [5.74, 6) is -0.314. The van der Waals surface area contributed by atoms with Gasteiger partial charge in [0, 0.05) is 12.8 Å². The van der Waals surface area contributed by atoms with Crippen molar-refractivity contribution < 1.29 is 43.0 Å². The molecule has 0 aromatic rings. The molecule has 0 heterocycles. The number of allylic oxidation sites excluding steroid dienone is 7. The summed E-state index contributed by atoms with van der Waals surface area (Å²) in [5, 5.41) is 10.2. The number of unbranched alkanes of at least 4 members (excludes halogenated alkanes) is 11. The smallest absolute Gasteiger partial charge is 0.462 e. The fourth-order valence-corrected chi connectivity index (χ4v) is 5.20. The van der Waals surface area contributed by atoms with Gasteiger partial charge in [-0.15, -0.1) is 0 Å². The molecule has 3 N–H and O–H groups in total. The van der Waals surface area contributed by atoms with Crippen LogP contribution in [0.2, 0.25) is 0 Å². The lowest BCUT2D eigenvalue weighted by Crippen LogP contribution is -2.29. The Morgan fingerprint density at radius 3 is 1.94 bits per heavy atom. The zero-order chi connectivity index (χ0) is 35.7. The number of carbonyl (C=O) groups is 2. The largest absolute Gasteiger partial charge is 0.469 e. The van der Waals surface area contributed by atoms with Gasteiger partial charge in [-0.3, -0.25) is 14.1 Å². The molecule has 0 aliphatic rings. The number of hydrogen-bond donors (Lipinski definition) is 3. The Hall–Kier alpha value is -2.03. The molecule has 0 aromatic carbocycles. The maximum Gasteiger partial charge on any atom is 0.469 e. The van der Waals surface area contributed by atoms with Gasteiger partial charge in [-0.2, -0.15) is 0 Å². The van der Waals surface area contributed by atoms with Gasteiger partial charge in [0.25, 0.3) is 0 Å². The van der Waals surface area contributed by atoms with Crippen LogP contribution in [0.5, 0.6) is 0 Å². The van der Waals surface area contributed by atoms with Crippen LogP contribution < -0.4 is 0 Å². The molecule has 278 valence electrons. The third-order valence-corrected chi connectivity index (χ3v) is 8.12. The highest BCUT2D eigenvalue weighted by Crippen LogP contribution is 2.36. The van der Waals surface area contributed by atoms with Crippen molar-refractivity contribution in [2.75, 3.05) is 13.2 Å². The molecule has 0 radical (unpaired) electrons. The summed E-state index contributed by atoms with van der Waals surface area (Å²) in [4.78, 5) is 42.6. The number of aliphatic hydroxyl groups is 1. The third-order valence-electron chi connectivity index (χ3n) is 7.63. The summed E-state index contributed by atoms with van der Waals surface area (Å²) in [6.45, 7) is 5.76. The van der Waals surface area contributed by atoms with E-state index < -0.39 is 38.6 Å². The molecule has 0 saturated heterocycles. The highest BCUT2D eigenvalue weighted by molar-refractivity contribution is 7.46. The lowest BCUT2D eigenvalue weighted by Gasteiger charge is -2.18. The van der Waals surface area contributed by atoms with Gasteiger partial charge in [0.1, 0.15) is 6.61 Å². The first-order chi connectivity index (χ1) is 23.0. The van der Waals surface area contributed by atoms with Crippen molar-refractivity contribution in [2.45, 2.75) is 161 Å². The van der Waals surface area contributed by atoms with Gasteiger partial charge in [0.15, 0.2) is 6.10 Å². The molecule has 0 fully saturated rings. The second kappa shape index (κ2) is 32.2. The molecular weight excluding hydrogens is 631 g/mol. The number of ether oxygens (including phenoxy) is 2. The molecule has 0 aliphatic carbocycles. The second-order valence-corrected chi connectivity index (χ2v) is 14.1. The van der Waals surface area contributed by atoms with Crippen LogP contribution in [0.3, 0.4) is 0 Å². The second-order valence-electron chi connectivity index (χ2n) is 12.9. The number of carbonyl (C=O) groups excluding carboxylic acids is 2. The van der Waals surface area contributed by atoms with Crippen LogP contribution in [0.4, 0.5) is 0 Å². The summed E-state index contributed by atoms with van der Waals surface area (Å²) in [6, 6.07) is 0. The van der Waals surface area contributed by atoms with E-state index in [0.717, 1.165) is 44.4 Å². The summed E-state index contributed by atoms with van der Waals surface area (Å²) in [5.41, 5.74) is 0. The van der Waals surface area contributed by atoms with E-state index in [2.05, 4.69) is 49.6 Å². The molecule has 0 amide bonds. The van der Waals surface area contributed by atoms with Crippen LogP contribution in [0.25, 0.3) is 0 Å². The molecule has 0 rings (SSSR count). The van der Waals surface area contributed by atoms with Crippen LogP contribution in [0, 0.1) is 5.92 Å². The highest BCUT2D eigenvalue weighted by Gasteiger charge is 2.23. The first-order valence-electron chi connectivity index (χ1n) is 18.4. The lowest BCUT2D eigenvalue weighted by molar-refractivity contribution is -0.161. The Morgan fingerprint density at radius 2 is 1.29 bits per heavy atom. The summed E-state index contributed by atoms with van der Waals surface area (Å²) in [7, 11) is -4.80. The maximum atomic E-state index is 12.4. The predicted octanol–water partition coefficient (Wildman–Crippen LogP) is 9.61.